The summed E-state index contributed by atoms with van der Waals surface area (Å²) in [6.07, 6.45) is 6.34. The smallest absolute Gasteiger partial charge is 0.243 e. The third-order valence-electron chi connectivity index (χ3n) is 6.92. The summed E-state index contributed by atoms with van der Waals surface area (Å²) in [5, 5.41) is 2.98. The van der Waals surface area contributed by atoms with Gasteiger partial charge in [-0.1, -0.05) is 12.6 Å². The first kappa shape index (κ1) is 24.5. The molecule has 0 spiro atoms. The molecule has 37 heavy (non-hydrogen) atoms. The van der Waals surface area contributed by atoms with Gasteiger partial charge in [0.1, 0.15) is 35.3 Å². The van der Waals surface area contributed by atoms with Crippen LogP contribution in [-0.2, 0) is 4.79 Å². The number of carbonyl (C=O) groups is 1. The molecule has 3 N–H and O–H groups in total. The minimum atomic E-state index is -0.545. The third kappa shape index (κ3) is 5.35. The minimum absolute atomic E-state index is 0.0153. The van der Waals surface area contributed by atoms with E-state index in [0.717, 1.165) is 31.4 Å². The molecule has 7 nitrogen and oxygen atoms in total. The van der Waals surface area contributed by atoms with Gasteiger partial charge < -0.3 is 15.8 Å². The highest BCUT2D eigenvalue weighted by Crippen LogP contribution is 2.39. The molecule has 5 rings (SSSR count). The van der Waals surface area contributed by atoms with E-state index in [0.29, 0.717) is 23.7 Å². The second kappa shape index (κ2) is 10.5. The number of benzene rings is 2. The Morgan fingerprint density at radius 3 is 2.78 bits per heavy atom. The van der Waals surface area contributed by atoms with Crippen molar-refractivity contribution < 1.29 is 18.3 Å². The van der Waals surface area contributed by atoms with Crippen molar-refractivity contribution in [3.63, 3.8) is 0 Å². The van der Waals surface area contributed by atoms with Crippen LogP contribution in [0.4, 0.5) is 14.6 Å². The summed E-state index contributed by atoms with van der Waals surface area (Å²) < 4.78 is 34.4. The van der Waals surface area contributed by atoms with E-state index >= 15 is 4.39 Å². The number of aliphatic imine (C=N–C) groups is 1. The lowest BCUT2D eigenvalue weighted by Gasteiger charge is -2.27. The largest absolute Gasteiger partial charge is 0.457 e. The van der Waals surface area contributed by atoms with Crippen LogP contribution in [0.15, 0.2) is 66.4 Å². The van der Waals surface area contributed by atoms with E-state index in [4.69, 9.17) is 15.5 Å². The van der Waals surface area contributed by atoms with Crippen LogP contribution >= 0.6 is 0 Å². The lowest BCUT2D eigenvalue weighted by molar-refractivity contribution is -0.117. The minimum Gasteiger partial charge on any atom is -0.457 e. The lowest BCUT2D eigenvalue weighted by Crippen LogP contribution is -2.31. The molecule has 1 aliphatic carbocycles. The summed E-state index contributed by atoms with van der Waals surface area (Å²) in [5.41, 5.74) is 8.23. The van der Waals surface area contributed by atoms with Gasteiger partial charge in [-0.2, -0.15) is 0 Å². The van der Waals surface area contributed by atoms with Gasteiger partial charge in [0.2, 0.25) is 5.91 Å². The van der Waals surface area contributed by atoms with E-state index in [2.05, 4.69) is 21.9 Å². The van der Waals surface area contributed by atoms with E-state index in [-0.39, 0.29) is 40.7 Å². The molecule has 1 fully saturated rings. The number of anilines is 1. The molecule has 2 aromatic carbocycles. The molecule has 0 radical (unpaired) electrons. The van der Waals surface area contributed by atoms with Crippen molar-refractivity contribution in [1.82, 2.24) is 15.3 Å². The van der Waals surface area contributed by atoms with Crippen LogP contribution in [0.25, 0.3) is 0 Å². The molecule has 0 bridgehead atoms. The molecule has 0 saturated heterocycles. The van der Waals surface area contributed by atoms with E-state index in [9.17, 15) is 9.18 Å². The van der Waals surface area contributed by atoms with Gasteiger partial charge in [0.15, 0.2) is 0 Å². The summed E-state index contributed by atoms with van der Waals surface area (Å²) >= 11 is 0. The number of hydrogen-bond acceptors (Lipinski definition) is 6. The van der Waals surface area contributed by atoms with Gasteiger partial charge >= 0.3 is 0 Å². The summed E-state index contributed by atoms with van der Waals surface area (Å²) in [5.74, 6) is 0.0234. The predicted molar refractivity (Wildman–Crippen MR) is 137 cm³/mol. The van der Waals surface area contributed by atoms with Gasteiger partial charge in [-0.15, -0.1) is 0 Å². The Morgan fingerprint density at radius 2 is 2.00 bits per heavy atom. The predicted octanol–water partition coefficient (Wildman–Crippen LogP) is 4.92. The summed E-state index contributed by atoms with van der Waals surface area (Å²) in [7, 11) is 0. The molecule has 1 saturated carbocycles. The average molecular weight is 504 g/mol. The highest BCUT2D eigenvalue weighted by Gasteiger charge is 2.33. The number of carbonyl (C=O) groups excluding carboxylic acids is 1. The maximum Gasteiger partial charge on any atom is 0.243 e. The number of amides is 1. The number of nitrogens with zero attached hydrogens (tertiary/aromatic N) is 3. The molecule has 1 unspecified atom stereocenters. The van der Waals surface area contributed by atoms with Gasteiger partial charge in [-0.05, 0) is 61.9 Å². The van der Waals surface area contributed by atoms with E-state index in [1.54, 1.807) is 18.2 Å². The molecule has 1 aromatic heterocycles. The molecular weight excluding hydrogens is 476 g/mol. The van der Waals surface area contributed by atoms with Gasteiger partial charge in [0, 0.05) is 36.2 Å². The summed E-state index contributed by atoms with van der Waals surface area (Å²) in [6, 6.07) is 10.2. The fourth-order valence-corrected chi connectivity index (χ4v) is 5.24. The first-order chi connectivity index (χ1) is 17.9. The van der Waals surface area contributed by atoms with Crippen molar-refractivity contribution in [1.29, 1.82) is 0 Å². The topological polar surface area (TPSA) is 102 Å². The number of nitrogens with one attached hydrogen (secondary N) is 1. The Labute approximate surface area is 213 Å². The van der Waals surface area contributed by atoms with E-state index in [1.807, 2.05) is 0 Å². The van der Waals surface area contributed by atoms with Crippen molar-refractivity contribution >= 4 is 17.4 Å². The van der Waals surface area contributed by atoms with Gasteiger partial charge in [0.05, 0.1) is 17.0 Å². The summed E-state index contributed by atoms with van der Waals surface area (Å²) in [6.45, 7) is 3.96. The van der Waals surface area contributed by atoms with Crippen LogP contribution < -0.4 is 15.8 Å². The number of nitrogen functional groups attached to an aromatic ring is 1. The highest BCUT2D eigenvalue weighted by molar-refractivity contribution is 6.16. The van der Waals surface area contributed by atoms with Gasteiger partial charge in [-0.25, -0.2) is 18.7 Å². The Bertz CT molecular complexity index is 1380. The van der Waals surface area contributed by atoms with Crippen LogP contribution in [0.1, 0.15) is 48.4 Å². The molecule has 190 valence electrons. The van der Waals surface area contributed by atoms with Crippen molar-refractivity contribution in [2.24, 2.45) is 10.9 Å². The fourth-order valence-electron chi connectivity index (χ4n) is 5.24. The molecule has 3 aromatic rings. The monoisotopic (exact) mass is 503 g/mol. The zero-order valence-corrected chi connectivity index (χ0v) is 20.2. The quantitative estimate of drug-likeness (QED) is 0.446. The van der Waals surface area contributed by atoms with Crippen molar-refractivity contribution in [2.45, 2.75) is 37.6 Å². The number of halogens is 2. The van der Waals surface area contributed by atoms with E-state index < -0.39 is 11.6 Å². The van der Waals surface area contributed by atoms with Crippen molar-refractivity contribution in [3.8, 4) is 11.5 Å². The maximum atomic E-state index is 15.3. The lowest BCUT2D eigenvalue weighted by atomic mass is 9.84. The molecule has 2 aliphatic rings. The van der Waals surface area contributed by atoms with Crippen LogP contribution in [0.2, 0.25) is 0 Å². The number of ether oxygens (including phenoxy) is 1. The third-order valence-corrected chi connectivity index (χ3v) is 6.92. The van der Waals surface area contributed by atoms with Crippen LogP contribution in [0.3, 0.4) is 0 Å². The number of rotatable bonds is 7. The Hall–Kier alpha value is -4.14. The zero-order chi connectivity index (χ0) is 25.9. The number of hydrogen-bond donors (Lipinski definition) is 2. The molecule has 1 aliphatic heterocycles. The zero-order valence-electron chi connectivity index (χ0n) is 20.2. The van der Waals surface area contributed by atoms with Crippen molar-refractivity contribution in [2.75, 3.05) is 12.3 Å². The van der Waals surface area contributed by atoms with Gasteiger partial charge in [0.25, 0.3) is 0 Å². The van der Waals surface area contributed by atoms with Gasteiger partial charge in [-0.3, -0.25) is 9.79 Å². The highest BCUT2D eigenvalue weighted by atomic mass is 19.1. The number of fused-ring (bicyclic) bond motifs is 1. The summed E-state index contributed by atoms with van der Waals surface area (Å²) in [4.78, 5) is 25.1. The number of nitrogens with two attached hydrogens (primary N) is 1. The Balaban J connectivity index is 1.36. The second-order valence-corrected chi connectivity index (χ2v) is 9.43. The SMILES string of the molecule is C=CC(=O)N[C@@H]1CCC(C[C@@H]2CN=C(c3ccc(Oc4cccc(F)c4)cc3F)c3c(N)ncnc32)C1. The van der Waals surface area contributed by atoms with E-state index in [1.165, 1.54) is 36.7 Å². The molecular formula is C28H27F2N5O2. The van der Waals surface area contributed by atoms with Crippen LogP contribution in [0, 0.1) is 17.6 Å². The normalized spacial score (nSPS) is 20.6. The molecule has 9 heteroatoms. The van der Waals surface area contributed by atoms with Crippen LogP contribution in [0.5, 0.6) is 11.5 Å². The molecule has 3 atom stereocenters. The standard InChI is InChI=1S/C28H27F2N5O2/c1-2-24(36)35-19-7-6-16(11-19)10-17-14-32-27(25-26(17)33-15-34-28(25)31)22-9-8-21(13-23(22)30)37-20-5-3-4-18(29)12-20/h2-5,8-9,12-13,15-17,19H,1,6-7,10-11,14H2,(H,35,36)(H2,31,33,34)/t16?,17-,19-/m1/s1. The van der Waals surface area contributed by atoms with Crippen LogP contribution in [-0.4, -0.2) is 34.2 Å². The Morgan fingerprint density at radius 1 is 1.16 bits per heavy atom. The fraction of sp³-hybridized carbons (Fsp3) is 0.286. The molecule has 2 heterocycles. The maximum absolute atomic E-state index is 15.3. The second-order valence-electron chi connectivity index (χ2n) is 9.43. The molecule has 1 amide bonds. The Kier molecular flexibility index (Phi) is 6.94. The first-order valence-corrected chi connectivity index (χ1v) is 12.2. The number of aromatic nitrogens is 2. The van der Waals surface area contributed by atoms with Crippen molar-refractivity contribution in [3.05, 3.63) is 89.9 Å². The average Bonchev–Trinajstić information content (AvgIpc) is 3.31. The first-order valence-electron chi connectivity index (χ1n) is 12.2.